The molecule has 0 spiro atoms. The van der Waals surface area contributed by atoms with E-state index >= 15 is 0 Å². The van der Waals surface area contributed by atoms with Gasteiger partial charge in [0.2, 0.25) is 0 Å². The molecule has 6 nitrogen and oxygen atoms in total. The van der Waals surface area contributed by atoms with Crippen LogP contribution >= 0.6 is 0 Å². The molecule has 24 heavy (non-hydrogen) atoms. The molecule has 0 fully saturated rings. The minimum Gasteiger partial charge on any atom is -0.392 e. The van der Waals surface area contributed by atoms with Crippen LogP contribution in [0, 0.1) is 11.3 Å². The zero-order valence-electron chi connectivity index (χ0n) is 13.9. The molecule has 0 atom stereocenters. The van der Waals surface area contributed by atoms with E-state index in [1.165, 1.54) is 0 Å². The highest BCUT2D eigenvalue weighted by Crippen LogP contribution is 2.09. The van der Waals surface area contributed by atoms with Crippen LogP contribution in [0.3, 0.4) is 0 Å². The van der Waals surface area contributed by atoms with Crippen LogP contribution in [-0.2, 0) is 21.0 Å². The summed E-state index contributed by atoms with van der Waals surface area (Å²) in [7, 11) is -3.78. The van der Waals surface area contributed by atoms with Gasteiger partial charge in [-0.3, -0.25) is 4.28 Å². The zero-order chi connectivity index (χ0) is 17.8. The number of aliphatic hydroxyl groups is 1. The summed E-state index contributed by atoms with van der Waals surface area (Å²) in [4.78, 5) is 0. The molecule has 0 aliphatic carbocycles. The summed E-state index contributed by atoms with van der Waals surface area (Å²) in [5.74, 6) is -0.106. The fraction of sp³-hybridized carbons (Fsp3) is 0.529. The molecule has 0 aromatic heterocycles. The molecule has 0 radical (unpaired) electrons. The summed E-state index contributed by atoms with van der Waals surface area (Å²) in [6.07, 6.45) is 5.78. The van der Waals surface area contributed by atoms with Crippen molar-refractivity contribution in [3.05, 3.63) is 35.4 Å². The molecule has 0 amide bonds. The van der Waals surface area contributed by atoms with Crippen LogP contribution in [-0.4, -0.2) is 25.0 Å². The van der Waals surface area contributed by atoms with Gasteiger partial charge >= 0.3 is 10.1 Å². The van der Waals surface area contributed by atoms with Gasteiger partial charge in [-0.15, -0.1) is 0 Å². The van der Waals surface area contributed by atoms with Gasteiger partial charge in [-0.05, 0) is 12.0 Å². The van der Waals surface area contributed by atoms with Gasteiger partial charge in [0.25, 0.3) is 0 Å². The van der Waals surface area contributed by atoms with E-state index in [0.29, 0.717) is 17.5 Å². The van der Waals surface area contributed by atoms with E-state index < -0.39 is 10.1 Å². The molecule has 132 valence electrons. The Bertz CT molecular complexity index is 661. The number of hydrogen-bond donors (Lipinski definition) is 1. The van der Waals surface area contributed by atoms with Crippen LogP contribution in [0.15, 0.2) is 29.4 Å². The van der Waals surface area contributed by atoms with Gasteiger partial charge in [0.05, 0.1) is 12.4 Å². The molecular formula is C17H24N2O4S. The average molecular weight is 352 g/mol. The van der Waals surface area contributed by atoms with Crippen molar-refractivity contribution in [2.45, 2.75) is 52.1 Å². The second-order valence-corrected chi connectivity index (χ2v) is 7.18. The number of rotatable bonds is 11. The van der Waals surface area contributed by atoms with Crippen LogP contribution < -0.4 is 0 Å². The number of nitriles is 1. The number of oxime groups is 1. The van der Waals surface area contributed by atoms with Crippen LogP contribution in [0.5, 0.6) is 0 Å². The number of nitrogens with zero attached hydrogens (tertiary/aromatic N) is 2. The first-order valence-electron chi connectivity index (χ1n) is 8.12. The van der Waals surface area contributed by atoms with Crippen molar-refractivity contribution in [2.75, 3.05) is 5.75 Å². The summed E-state index contributed by atoms with van der Waals surface area (Å²) >= 11 is 0. The van der Waals surface area contributed by atoms with Crippen molar-refractivity contribution in [3.63, 3.8) is 0 Å². The number of aliphatic hydroxyl groups excluding tert-OH is 1. The van der Waals surface area contributed by atoms with Gasteiger partial charge in [0.1, 0.15) is 6.07 Å². The standard InChI is InChI=1S/C17H24N2O4S/c1-2-3-4-5-6-7-12-24(21,22)23-19-17(13-18)16-10-8-15(14-20)9-11-16/h8-11,20H,2-7,12,14H2,1H3. The lowest BCUT2D eigenvalue weighted by molar-refractivity contribution is 0.282. The van der Waals surface area contributed by atoms with E-state index in [4.69, 9.17) is 10.4 Å². The fourth-order valence-corrected chi connectivity index (χ4v) is 2.92. The van der Waals surface area contributed by atoms with Crippen molar-refractivity contribution in [2.24, 2.45) is 5.16 Å². The summed E-state index contributed by atoms with van der Waals surface area (Å²) < 4.78 is 28.2. The Balaban J connectivity index is 2.55. The average Bonchev–Trinajstić information content (AvgIpc) is 2.59. The van der Waals surface area contributed by atoms with E-state index in [1.807, 2.05) is 6.07 Å². The largest absolute Gasteiger partial charge is 0.392 e. The van der Waals surface area contributed by atoms with E-state index in [-0.39, 0.29) is 18.1 Å². The Hall–Kier alpha value is -1.91. The maximum Gasteiger partial charge on any atom is 0.328 e. The van der Waals surface area contributed by atoms with E-state index in [9.17, 15) is 8.42 Å². The highest BCUT2D eigenvalue weighted by molar-refractivity contribution is 7.86. The molecule has 1 aromatic rings. The van der Waals surface area contributed by atoms with Crippen molar-refractivity contribution in [1.82, 2.24) is 0 Å². The molecular weight excluding hydrogens is 328 g/mol. The van der Waals surface area contributed by atoms with Crippen LogP contribution in [0.25, 0.3) is 0 Å². The predicted molar refractivity (Wildman–Crippen MR) is 92.8 cm³/mol. The van der Waals surface area contributed by atoms with Gasteiger partial charge < -0.3 is 5.11 Å². The first kappa shape index (κ1) is 20.1. The third kappa shape index (κ3) is 7.57. The van der Waals surface area contributed by atoms with Crippen molar-refractivity contribution in [3.8, 4) is 6.07 Å². The van der Waals surface area contributed by atoms with E-state index in [2.05, 4.69) is 16.4 Å². The Morgan fingerprint density at radius 1 is 1.17 bits per heavy atom. The first-order valence-corrected chi connectivity index (χ1v) is 9.69. The lowest BCUT2D eigenvalue weighted by atomic mass is 10.1. The van der Waals surface area contributed by atoms with E-state index in [1.54, 1.807) is 24.3 Å². The number of benzene rings is 1. The van der Waals surface area contributed by atoms with Gasteiger partial charge in [0, 0.05) is 5.56 Å². The molecule has 1 rings (SSSR count). The monoisotopic (exact) mass is 352 g/mol. The topological polar surface area (TPSA) is 99.8 Å². The molecule has 0 aliphatic rings. The lowest BCUT2D eigenvalue weighted by Gasteiger charge is -2.03. The molecule has 0 unspecified atom stereocenters. The number of hydrogen-bond acceptors (Lipinski definition) is 6. The highest BCUT2D eigenvalue weighted by Gasteiger charge is 2.12. The second-order valence-electron chi connectivity index (χ2n) is 5.51. The number of unbranched alkanes of at least 4 members (excludes halogenated alkanes) is 5. The van der Waals surface area contributed by atoms with Crippen LogP contribution in [0.2, 0.25) is 0 Å². The molecule has 0 heterocycles. The fourth-order valence-electron chi connectivity index (χ4n) is 2.10. The van der Waals surface area contributed by atoms with Gasteiger partial charge in [-0.2, -0.15) is 13.7 Å². The summed E-state index contributed by atoms with van der Waals surface area (Å²) in [5.41, 5.74) is 1.00. The minimum absolute atomic E-state index is 0.106. The summed E-state index contributed by atoms with van der Waals surface area (Å²) in [6.45, 7) is 2.02. The third-order valence-corrected chi connectivity index (χ3v) is 4.60. The normalized spacial score (nSPS) is 12.0. The molecule has 1 aromatic carbocycles. The molecule has 1 N–H and O–H groups in total. The predicted octanol–water partition coefficient (Wildman–Crippen LogP) is 3.11. The van der Waals surface area contributed by atoms with Crippen LogP contribution in [0.4, 0.5) is 0 Å². The molecule has 0 saturated heterocycles. The summed E-state index contributed by atoms with van der Waals surface area (Å²) in [5, 5.41) is 21.6. The maximum atomic E-state index is 11.8. The quantitative estimate of drug-likeness (QED) is 0.375. The van der Waals surface area contributed by atoms with Gasteiger partial charge in [-0.25, -0.2) is 0 Å². The Kier molecular flexibility index (Phi) is 9.05. The smallest absolute Gasteiger partial charge is 0.328 e. The highest BCUT2D eigenvalue weighted by atomic mass is 32.2. The SMILES string of the molecule is CCCCCCCCS(=O)(=O)ON=C(C#N)c1ccc(CO)cc1. The second kappa shape index (κ2) is 10.8. The maximum absolute atomic E-state index is 11.8. The molecule has 0 saturated carbocycles. The van der Waals surface area contributed by atoms with Crippen LogP contribution in [0.1, 0.15) is 56.6 Å². The summed E-state index contributed by atoms with van der Waals surface area (Å²) in [6, 6.07) is 8.24. The van der Waals surface area contributed by atoms with Gasteiger partial charge in [0.15, 0.2) is 5.71 Å². The third-order valence-electron chi connectivity index (χ3n) is 3.51. The lowest BCUT2D eigenvalue weighted by Crippen LogP contribution is -2.09. The van der Waals surface area contributed by atoms with Crippen molar-refractivity contribution < 1.29 is 17.8 Å². The molecule has 0 aliphatic heterocycles. The van der Waals surface area contributed by atoms with Crippen molar-refractivity contribution in [1.29, 1.82) is 5.26 Å². The Morgan fingerprint density at radius 3 is 2.38 bits per heavy atom. The first-order chi connectivity index (χ1) is 11.5. The minimum atomic E-state index is -3.78. The van der Waals surface area contributed by atoms with Gasteiger partial charge in [-0.1, -0.05) is 68.4 Å². The Morgan fingerprint density at radius 2 is 1.79 bits per heavy atom. The zero-order valence-corrected chi connectivity index (χ0v) is 14.8. The van der Waals surface area contributed by atoms with Crippen molar-refractivity contribution >= 4 is 15.8 Å². The molecule has 0 bridgehead atoms. The Labute approximate surface area is 143 Å². The van der Waals surface area contributed by atoms with E-state index in [0.717, 1.165) is 32.1 Å². The molecule has 7 heteroatoms.